The molecule has 1 atom stereocenters. The van der Waals surface area contributed by atoms with E-state index in [0.29, 0.717) is 0 Å². The molecule has 0 aliphatic rings. The average molecular weight is 245 g/mol. The summed E-state index contributed by atoms with van der Waals surface area (Å²) in [6.07, 6.45) is 0.507. The van der Waals surface area contributed by atoms with Crippen LogP contribution in [0, 0.1) is 0 Å². The highest BCUT2D eigenvalue weighted by atomic mass is 32.2. The molecule has 0 aromatic carbocycles. The summed E-state index contributed by atoms with van der Waals surface area (Å²) in [5.41, 5.74) is 0. The molecule has 15 heavy (non-hydrogen) atoms. The molecule has 0 amide bonds. The third-order valence-corrected chi connectivity index (χ3v) is 4.36. The summed E-state index contributed by atoms with van der Waals surface area (Å²) in [5.74, 6) is 1.09. The molecule has 1 unspecified atom stereocenters. The van der Waals surface area contributed by atoms with Gasteiger partial charge in [-0.05, 0) is 38.4 Å². The van der Waals surface area contributed by atoms with Gasteiger partial charge in [0.25, 0.3) is 0 Å². The van der Waals surface area contributed by atoms with Gasteiger partial charge < -0.3 is 10.0 Å². The monoisotopic (exact) mass is 245 g/mol. The Hall–Kier alpha value is -0.0300. The van der Waals surface area contributed by atoms with Crippen molar-refractivity contribution in [3.8, 4) is 0 Å². The first-order valence-corrected chi connectivity index (χ1v) is 6.99. The first-order valence-electron chi connectivity index (χ1n) is 5.18. The molecule has 1 heterocycles. The van der Waals surface area contributed by atoms with Gasteiger partial charge in [0.2, 0.25) is 0 Å². The molecule has 1 N–H and O–H groups in total. The minimum Gasteiger partial charge on any atom is -0.388 e. The lowest BCUT2D eigenvalue weighted by Gasteiger charge is -2.12. The Morgan fingerprint density at radius 1 is 1.47 bits per heavy atom. The molecular formula is C11H19NOS2. The van der Waals surface area contributed by atoms with E-state index in [9.17, 15) is 5.11 Å². The van der Waals surface area contributed by atoms with Gasteiger partial charge in [-0.2, -0.15) is 0 Å². The van der Waals surface area contributed by atoms with Crippen molar-refractivity contribution in [3.63, 3.8) is 0 Å². The van der Waals surface area contributed by atoms with Crippen LogP contribution in [-0.4, -0.2) is 36.4 Å². The summed E-state index contributed by atoms with van der Waals surface area (Å²) < 4.78 is 1.30. The third-order valence-electron chi connectivity index (χ3n) is 2.07. The molecule has 0 saturated heterocycles. The molecule has 2 nitrogen and oxygen atoms in total. The van der Waals surface area contributed by atoms with Crippen LogP contribution in [0.3, 0.4) is 0 Å². The second-order valence-corrected chi connectivity index (χ2v) is 6.38. The standard InChI is InChI=1S/C11H19NOS2/c1-4-14-11-6-5-10(15-11)9(13)7-8-12(2)3/h5-6,9,13H,4,7-8H2,1-3H3. The molecule has 0 radical (unpaired) electrons. The highest BCUT2D eigenvalue weighted by Crippen LogP contribution is 2.31. The molecular weight excluding hydrogens is 226 g/mol. The second-order valence-electron chi connectivity index (χ2n) is 3.70. The van der Waals surface area contributed by atoms with E-state index in [0.717, 1.165) is 23.6 Å². The zero-order chi connectivity index (χ0) is 11.3. The van der Waals surface area contributed by atoms with Crippen molar-refractivity contribution < 1.29 is 5.11 Å². The van der Waals surface area contributed by atoms with Crippen molar-refractivity contribution in [2.75, 3.05) is 26.4 Å². The average Bonchev–Trinajstić information content (AvgIpc) is 2.63. The first-order chi connectivity index (χ1) is 7.13. The van der Waals surface area contributed by atoms with Crippen molar-refractivity contribution in [1.82, 2.24) is 4.90 Å². The predicted molar refractivity (Wildman–Crippen MR) is 68.8 cm³/mol. The first kappa shape index (κ1) is 13.0. The van der Waals surface area contributed by atoms with Crippen molar-refractivity contribution in [1.29, 1.82) is 0 Å². The number of hydrogen-bond donors (Lipinski definition) is 1. The molecule has 4 heteroatoms. The van der Waals surface area contributed by atoms with Crippen molar-refractivity contribution >= 4 is 23.1 Å². The van der Waals surface area contributed by atoms with Gasteiger partial charge >= 0.3 is 0 Å². The van der Waals surface area contributed by atoms with E-state index in [1.807, 2.05) is 31.9 Å². The van der Waals surface area contributed by atoms with Gasteiger partial charge in [-0.25, -0.2) is 0 Å². The largest absolute Gasteiger partial charge is 0.388 e. The van der Waals surface area contributed by atoms with Gasteiger partial charge in [-0.15, -0.1) is 23.1 Å². The molecule has 0 fully saturated rings. The maximum atomic E-state index is 9.93. The molecule has 86 valence electrons. The minimum absolute atomic E-state index is 0.302. The molecule has 0 aliphatic heterocycles. The highest BCUT2D eigenvalue weighted by molar-refractivity contribution is 8.01. The van der Waals surface area contributed by atoms with E-state index in [-0.39, 0.29) is 6.10 Å². The second kappa shape index (κ2) is 6.53. The van der Waals surface area contributed by atoms with Crippen molar-refractivity contribution in [2.24, 2.45) is 0 Å². The van der Waals surface area contributed by atoms with Crippen LogP contribution >= 0.6 is 23.1 Å². The molecule has 1 aromatic heterocycles. The van der Waals surface area contributed by atoms with Crippen LogP contribution in [0.15, 0.2) is 16.3 Å². The topological polar surface area (TPSA) is 23.5 Å². The fraction of sp³-hybridized carbons (Fsp3) is 0.636. The molecule has 0 spiro atoms. The lowest BCUT2D eigenvalue weighted by Crippen LogP contribution is -2.15. The summed E-state index contributed by atoms with van der Waals surface area (Å²) in [6.45, 7) is 3.07. The van der Waals surface area contributed by atoms with Gasteiger partial charge in [-0.3, -0.25) is 0 Å². The van der Waals surface area contributed by atoms with Crippen molar-refractivity contribution in [2.45, 2.75) is 23.7 Å². The Labute approximate surface area is 100 Å². The number of rotatable bonds is 6. The summed E-state index contributed by atoms with van der Waals surface area (Å²) in [6, 6.07) is 4.15. The molecule has 0 aliphatic carbocycles. The number of nitrogens with zero attached hydrogens (tertiary/aromatic N) is 1. The van der Waals surface area contributed by atoms with Crippen LogP contribution in [0.2, 0.25) is 0 Å². The van der Waals surface area contributed by atoms with Crippen LogP contribution in [0.25, 0.3) is 0 Å². The summed E-state index contributed by atoms with van der Waals surface area (Å²) in [7, 11) is 4.05. The van der Waals surface area contributed by atoms with Crippen LogP contribution in [0.4, 0.5) is 0 Å². The van der Waals surface area contributed by atoms with Gasteiger partial charge in [-0.1, -0.05) is 6.92 Å². The Morgan fingerprint density at radius 3 is 2.80 bits per heavy atom. The van der Waals surface area contributed by atoms with Gasteiger partial charge in [0.05, 0.1) is 10.3 Å². The molecule has 1 aromatic rings. The molecule has 0 saturated carbocycles. The fourth-order valence-corrected chi connectivity index (χ4v) is 3.34. The maximum Gasteiger partial charge on any atom is 0.0894 e. The zero-order valence-corrected chi connectivity index (χ0v) is 11.2. The van der Waals surface area contributed by atoms with Crippen LogP contribution in [0.1, 0.15) is 24.3 Å². The summed E-state index contributed by atoms with van der Waals surface area (Å²) in [5, 5.41) is 9.93. The maximum absolute atomic E-state index is 9.93. The van der Waals surface area contributed by atoms with E-state index in [2.05, 4.69) is 17.9 Å². The SMILES string of the molecule is CCSc1ccc(C(O)CCN(C)C)s1. The fourth-order valence-electron chi connectivity index (χ4n) is 1.26. The van der Waals surface area contributed by atoms with Crippen LogP contribution < -0.4 is 0 Å². The lowest BCUT2D eigenvalue weighted by atomic mass is 10.2. The lowest BCUT2D eigenvalue weighted by molar-refractivity contribution is 0.158. The number of thiophene rings is 1. The summed E-state index contributed by atoms with van der Waals surface area (Å²) in [4.78, 5) is 3.19. The number of hydrogen-bond acceptors (Lipinski definition) is 4. The van der Waals surface area contributed by atoms with Gasteiger partial charge in [0.1, 0.15) is 0 Å². The number of aliphatic hydroxyl groups excluding tert-OH is 1. The molecule has 1 rings (SSSR count). The highest BCUT2D eigenvalue weighted by Gasteiger charge is 2.10. The van der Waals surface area contributed by atoms with E-state index in [1.165, 1.54) is 4.21 Å². The normalized spacial score (nSPS) is 13.4. The van der Waals surface area contributed by atoms with E-state index >= 15 is 0 Å². The number of aliphatic hydroxyl groups is 1. The zero-order valence-electron chi connectivity index (χ0n) is 9.56. The van der Waals surface area contributed by atoms with E-state index in [1.54, 1.807) is 11.3 Å². The van der Waals surface area contributed by atoms with Crippen LogP contribution in [0.5, 0.6) is 0 Å². The number of thioether (sulfide) groups is 1. The predicted octanol–water partition coefficient (Wildman–Crippen LogP) is 2.85. The van der Waals surface area contributed by atoms with E-state index < -0.39 is 0 Å². The quantitative estimate of drug-likeness (QED) is 0.780. The van der Waals surface area contributed by atoms with E-state index in [4.69, 9.17) is 0 Å². The smallest absolute Gasteiger partial charge is 0.0894 e. The van der Waals surface area contributed by atoms with Crippen molar-refractivity contribution in [3.05, 3.63) is 17.0 Å². The summed E-state index contributed by atoms with van der Waals surface area (Å²) >= 11 is 3.55. The Balaban J connectivity index is 2.46. The third kappa shape index (κ3) is 4.55. The minimum atomic E-state index is -0.302. The van der Waals surface area contributed by atoms with Gasteiger partial charge in [0.15, 0.2) is 0 Å². The van der Waals surface area contributed by atoms with Crippen LogP contribution in [-0.2, 0) is 0 Å². The Bertz CT molecular complexity index is 286. The van der Waals surface area contributed by atoms with Gasteiger partial charge in [0, 0.05) is 11.4 Å². The Kier molecular flexibility index (Phi) is 5.68. The Morgan fingerprint density at radius 2 is 2.20 bits per heavy atom. The molecule has 0 bridgehead atoms.